The van der Waals surface area contributed by atoms with Crippen LogP contribution in [0.15, 0.2) is 30.3 Å². The molecule has 20 heavy (non-hydrogen) atoms. The lowest BCUT2D eigenvalue weighted by molar-refractivity contribution is -0.146. The number of amides is 1. The Labute approximate surface area is 118 Å². The van der Waals surface area contributed by atoms with Gasteiger partial charge >= 0.3 is 12.1 Å². The maximum atomic E-state index is 12.0. The monoisotopic (exact) mass is 277 g/mol. The van der Waals surface area contributed by atoms with Gasteiger partial charge in [0.1, 0.15) is 6.61 Å². The first-order chi connectivity index (χ1) is 9.61. The molecular formula is C15H19NO4. The van der Waals surface area contributed by atoms with Crippen molar-refractivity contribution in [2.24, 2.45) is 11.8 Å². The number of rotatable bonds is 3. The van der Waals surface area contributed by atoms with Crippen LogP contribution < -0.4 is 0 Å². The summed E-state index contributed by atoms with van der Waals surface area (Å²) in [7, 11) is 1.37. The second-order valence-corrected chi connectivity index (χ2v) is 5.05. The predicted molar refractivity (Wildman–Crippen MR) is 72.9 cm³/mol. The number of carbonyl (C=O) groups is 2. The average molecular weight is 277 g/mol. The molecule has 2 rings (SSSR count). The van der Waals surface area contributed by atoms with Gasteiger partial charge in [0.15, 0.2) is 0 Å². The normalized spacial score (nSPS) is 21.6. The molecule has 1 aliphatic heterocycles. The molecule has 0 bridgehead atoms. The van der Waals surface area contributed by atoms with Gasteiger partial charge in [-0.1, -0.05) is 37.3 Å². The molecule has 0 aromatic heterocycles. The van der Waals surface area contributed by atoms with Crippen molar-refractivity contribution in [2.75, 3.05) is 20.2 Å². The van der Waals surface area contributed by atoms with E-state index in [-0.39, 0.29) is 30.5 Å². The van der Waals surface area contributed by atoms with Crippen LogP contribution in [-0.4, -0.2) is 37.2 Å². The van der Waals surface area contributed by atoms with Gasteiger partial charge in [-0.15, -0.1) is 0 Å². The molecule has 1 aliphatic rings. The second kappa shape index (κ2) is 6.41. The van der Waals surface area contributed by atoms with Gasteiger partial charge in [0.25, 0.3) is 0 Å². The van der Waals surface area contributed by atoms with Gasteiger partial charge in [0.05, 0.1) is 13.0 Å². The molecule has 1 saturated heterocycles. The van der Waals surface area contributed by atoms with Crippen LogP contribution in [0.1, 0.15) is 12.5 Å². The van der Waals surface area contributed by atoms with Crippen LogP contribution in [0.5, 0.6) is 0 Å². The third-order valence-corrected chi connectivity index (χ3v) is 3.58. The van der Waals surface area contributed by atoms with E-state index in [0.717, 1.165) is 5.56 Å². The number of hydrogen-bond donors (Lipinski definition) is 0. The highest BCUT2D eigenvalue weighted by molar-refractivity contribution is 5.76. The van der Waals surface area contributed by atoms with Gasteiger partial charge in [-0.25, -0.2) is 4.79 Å². The number of ether oxygens (including phenoxy) is 2. The average Bonchev–Trinajstić information content (AvgIpc) is 2.87. The van der Waals surface area contributed by atoms with Crippen LogP contribution in [0, 0.1) is 11.8 Å². The molecule has 5 nitrogen and oxygen atoms in total. The molecule has 5 heteroatoms. The largest absolute Gasteiger partial charge is 0.469 e. The van der Waals surface area contributed by atoms with E-state index in [1.165, 1.54) is 7.11 Å². The number of esters is 1. The number of likely N-dealkylation sites (tertiary alicyclic amines) is 1. The summed E-state index contributed by atoms with van der Waals surface area (Å²) >= 11 is 0. The van der Waals surface area contributed by atoms with Gasteiger partial charge in [-0.05, 0) is 11.5 Å². The summed E-state index contributed by atoms with van der Waals surface area (Å²) in [6.45, 7) is 3.06. The Kier molecular flexibility index (Phi) is 4.61. The van der Waals surface area contributed by atoms with Crippen molar-refractivity contribution in [1.29, 1.82) is 0 Å². The minimum absolute atomic E-state index is 0.0896. The number of nitrogens with zero attached hydrogens (tertiary/aromatic N) is 1. The molecule has 1 fully saturated rings. The zero-order chi connectivity index (χ0) is 14.5. The van der Waals surface area contributed by atoms with Gasteiger partial charge in [0.2, 0.25) is 0 Å². The Hall–Kier alpha value is -2.04. The maximum absolute atomic E-state index is 12.0. The third kappa shape index (κ3) is 3.29. The summed E-state index contributed by atoms with van der Waals surface area (Å²) in [5.74, 6) is -0.438. The number of carbonyl (C=O) groups excluding carboxylic acids is 2. The molecule has 1 heterocycles. The molecule has 0 spiro atoms. The van der Waals surface area contributed by atoms with E-state index in [4.69, 9.17) is 9.47 Å². The van der Waals surface area contributed by atoms with Crippen molar-refractivity contribution in [2.45, 2.75) is 13.5 Å². The molecule has 0 unspecified atom stereocenters. The minimum Gasteiger partial charge on any atom is -0.469 e. The van der Waals surface area contributed by atoms with E-state index in [1.54, 1.807) is 4.90 Å². The Morgan fingerprint density at radius 2 is 1.95 bits per heavy atom. The Bertz CT molecular complexity index is 474. The molecule has 0 N–H and O–H groups in total. The lowest BCUT2D eigenvalue weighted by Crippen LogP contribution is -2.30. The molecule has 108 valence electrons. The summed E-state index contributed by atoms with van der Waals surface area (Å²) in [4.78, 5) is 25.1. The van der Waals surface area contributed by atoms with E-state index < -0.39 is 0 Å². The van der Waals surface area contributed by atoms with Crippen molar-refractivity contribution in [3.8, 4) is 0 Å². The van der Waals surface area contributed by atoms with Gasteiger partial charge in [0, 0.05) is 13.1 Å². The summed E-state index contributed by atoms with van der Waals surface area (Å²) in [6.07, 6.45) is -0.382. The Morgan fingerprint density at radius 1 is 1.25 bits per heavy atom. The second-order valence-electron chi connectivity index (χ2n) is 5.05. The Morgan fingerprint density at radius 3 is 2.60 bits per heavy atom. The fourth-order valence-electron chi connectivity index (χ4n) is 2.38. The molecule has 1 aromatic carbocycles. The summed E-state index contributed by atoms with van der Waals surface area (Å²) < 4.78 is 10.0. The van der Waals surface area contributed by atoms with Gasteiger partial charge in [-0.2, -0.15) is 0 Å². The molecule has 1 aromatic rings. The van der Waals surface area contributed by atoms with E-state index in [0.29, 0.717) is 13.1 Å². The van der Waals surface area contributed by atoms with Gasteiger partial charge < -0.3 is 14.4 Å². The van der Waals surface area contributed by atoms with Gasteiger partial charge in [-0.3, -0.25) is 4.79 Å². The van der Waals surface area contributed by atoms with Crippen LogP contribution >= 0.6 is 0 Å². The standard InChI is InChI=1S/C15H19NO4/c1-11-8-16(9-13(11)14(17)19-2)15(18)20-10-12-6-4-3-5-7-12/h3-7,11,13H,8-10H2,1-2H3/t11-,13+/m1/s1. The number of methoxy groups -OCH3 is 1. The number of benzene rings is 1. The predicted octanol–water partition coefficient (Wildman–Crippen LogP) is 2.06. The van der Waals surface area contributed by atoms with Crippen LogP contribution in [0.2, 0.25) is 0 Å². The van der Waals surface area contributed by atoms with Crippen LogP contribution in [0.25, 0.3) is 0 Å². The molecule has 0 radical (unpaired) electrons. The number of hydrogen-bond acceptors (Lipinski definition) is 4. The van der Waals surface area contributed by atoms with Crippen LogP contribution in [0.4, 0.5) is 4.79 Å². The minimum atomic E-state index is -0.382. The molecule has 0 aliphatic carbocycles. The summed E-state index contributed by atoms with van der Waals surface area (Å²) in [5, 5.41) is 0. The highest BCUT2D eigenvalue weighted by atomic mass is 16.6. The quantitative estimate of drug-likeness (QED) is 0.794. The summed E-state index contributed by atoms with van der Waals surface area (Å²) in [5.41, 5.74) is 0.942. The van der Waals surface area contributed by atoms with Crippen molar-refractivity contribution in [1.82, 2.24) is 4.90 Å². The molecule has 0 saturated carbocycles. The highest BCUT2D eigenvalue weighted by Gasteiger charge is 2.38. The maximum Gasteiger partial charge on any atom is 0.410 e. The molecule has 1 amide bonds. The summed E-state index contributed by atoms with van der Waals surface area (Å²) in [6, 6.07) is 9.51. The zero-order valence-corrected chi connectivity index (χ0v) is 11.7. The Balaban J connectivity index is 1.86. The van der Waals surface area contributed by atoms with Crippen molar-refractivity contribution in [3.63, 3.8) is 0 Å². The van der Waals surface area contributed by atoms with E-state index in [9.17, 15) is 9.59 Å². The lowest BCUT2D eigenvalue weighted by Gasteiger charge is -2.15. The first kappa shape index (κ1) is 14.4. The van der Waals surface area contributed by atoms with E-state index in [1.807, 2.05) is 37.3 Å². The fraction of sp³-hybridized carbons (Fsp3) is 0.467. The first-order valence-corrected chi connectivity index (χ1v) is 6.65. The van der Waals surface area contributed by atoms with Crippen LogP contribution in [0.3, 0.4) is 0 Å². The SMILES string of the molecule is COC(=O)[C@H]1CN(C(=O)OCc2ccccc2)C[C@H]1C. The highest BCUT2D eigenvalue weighted by Crippen LogP contribution is 2.24. The molecular weight excluding hydrogens is 258 g/mol. The fourth-order valence-corrected chi connectivity index (χ4v) is 2.38. The van der Waals surface area contributed by atoms with Crippen molar-refractivity contribution < 1.29 is 19.1 Å². The topological polar surface area (TPSA) is 55.8 Å². The smallest absolute Gasteiger partial charge is 0.410 e. The molecule has 2 atom stereocenters. The van der Waals surface area contributed by atoms with Crippen LogP contribution in [-0.2, 0) is 20.9 Å². The third-order valence-electron chi connectivity index (χ3n) is 3.58. The first-order valence-electron chi connectivity index (χ1n) is 6.65. The zero-order valence-electron chi connectivity index (χ0n) is 11.7. The van der Waals surface area contributed by atoms with Crippen molar-refractivity contribution >= 4 is 12.1 Å². The van der Waals surface area contributed by atoms with E-state index in [2.05, 4.69) is 0 Å². The lowest BCUT2D eigenvalue weighted by atomic mass is 9.99. The van der Waals surface area contributed by atoms with Crippen molar-refractivity contribution in [3.05, 3.63) is 35.9 Å². The van der Waals surface area contributed by atoms with E-state index >= 15 is 0 Å².